The highest BCUT2D eigenvalue weighted by molar-refractivity contribution is 6.30. The predicted octanol–water partition coefficient (Wildman–Crippen LogP) is 2.71. The molecule has 1 aromatic rings. The molecular formula is C16H26ClN3. The number of hydrogen-bond donors (Lipinski definition) is 1. The van der Waals surface area contributed by atoms with Gasteiger partial charge < -0.3 is 10.2 Å². The summed E-state index contributed by atoms with van der Waals surface area (Å²) in [7, 11) is 2.03. The average molecular weight is 296 g/mol. The van der Waals surface area contributed by atoms with E-state index in [4.69, 9.17) is 11.6 Å². The first-order valence-corrected chi connectivity index (χ1v) is 7.88. The van der Waals surface area contributed by atoms with E-state index in [-0.39, 0.29) is 0 Å². The van der Waals surface area contributed by atoms with Gasteiger partial charge >= 0.3 is 0 Å². The molecule has 0 saturated carbocycles. The summed E-state index contributed by atoms with van der Waals surface area (Å²) in [5, 5.41) is 4.09. The van der Waals surface area contributed by atoms with Crippen LogP contribution in [0.5, 0.6) is 0 Å². The zero-order valence-electron chi connectivity index (χ0n) is 12.8. The van der Waals surface area contributed by atoms with Crippen molar-refractivity contribution in [3.05, 3.63) is 29.3 Å². The smallest absolute Gasteiger partial charge is 0.0407 e. The third-order valence-electron chi connectivity index (χ3n) is 4.43. The second kappa shape index (κ2) is 7.30. The van der Waals surface area contributed by atoms with Crippen LogP contribution in [-0.4, -0.2) is 50.7 Å². The van der Waals surface area contributed by atoms with Crippen LogP contribution in [0.3, 0.4) is 0 Å². The summed E-state index contributed by atoms with van der Waals surface area (Å²) in [6.07, 6.45) is 0. The van der Waals surface area contributed by atoms with E-state index in [1.807, 2.05) is 19.2 Å². The number of hydrogen-bond acceptors (Lipinski definition) is 3. The molecule has 1 heterocycles. The van der Waals surface area contributed by atoms with Crippen LogP contribution >= 0.6 is 11.6 Å². The van der Waals surface area contributed by atoms with Crippen molar-refractivity contribution in [2.45, 2.75) is 19.9 Å². The van der Waals surface area contributed by atoms with Gasteiger partial charge in [-0.05, 0) is 50.7 Å². The molecule has 0 spiro atoms. The summed E-state index contributed by atoms with van der Waals surface area (Å²) in [6.45, 7) is 10.2. The molecule has 0 bridgehead atoms. The van der Waals surface area contributed by atoms with Crippen LogP contribution in [0.15, 0.2) is 24.3 Å². The molecular weight excluding hydrogens is 270 g/mol. The Bertz CT molecular complexity index is 399. The van der Waals surface area contributed by atoms with Crippen LogP contribution in [0, 0.1) is 5.92 Å². The summed E-state index contributed by atoms with van der Waals surface area (Å²) in [5.74, 6) is 0.682. The number of halogens is 1. The van der Waals surface area contributed by atoms with Crippen LogP contribution in [0.1, 0.15) is 13.8 Å². The molecule has 0 radical (unpaired) electrons. The molecule has 1 aliphatic rings. The maximum atomic E-state index is 5.95. The predicted molar refractivity (Wildman–Crippen MR) is 87.8 cm³/mol. The third kappa shape index (κ3) is 3.87. The topological polar surface area (TPSA) is 18.5 Å². The van der Waals surface area contributed by atoms with E-state index in [1.165, 1.54) is 5.69 Å². The van der Waals surface area contributed by atoms with E-state index < -0.39 is 0 Å². The number of benzene rings is 1. The Balaban J connectivity index is 1.87. The molecule has 20 heavy (non-hydrogen) atoms. The van der Waals surface area contributed by atoms with Crippen molar-refractivity contribution >= 4 is 17.3 Å². The number of rotatable bonds is 5. The second-order valence-electron chi connectivity index (χ2n) is 5.77. The normalized spacial score (nSPS) is 19.9. The highest BCUT2D eigenvalue weighted by Gasteiger charge is 2.24. The van der Waals surface area contributed by atoms with Gasteiger partial charge in [-0.2, -0.15) is 0 Å². The zero-order chi connectivity index (χ0) is 14.5. The van der Waals surface area contributed by atoms with E-state index in [0.717, 1.165) is 37.7 Å². The lowest BCUT2D eigenvalue weighted by Crippen LogP contribution is -2.52. The van der Waals surface area contributed by atoms with Crippen LogP contribution < -0.4 is 10.2 Å². The lowest BCUT2D eigenvalue weighted by Gasteiger charge is -2.41. The van der Waals surface area contributed by atoms with Crippen LogP contribution in [0.2, 0.25) is 5.02 Å². The number of nitrogens with one attached hydrogen (secondary N) is 1. The van der Waals surface area contributed by atoms with Crippen LogP contribution in [0.25, 0.3) is 0 Å². The molecule has 2 unspecified atom stereocenters. The van der Waals surface area contributed by atoms with Crippen molar-refractivity contribution in [1.82, 2.24) is 10.2 Å². The Labute approximate surface area is 127 Å². The van der Waals surface area contributed by atoms with Crippen molar-refractivity contribution < 1.29 is 0 Å². The van der Waals surface area contributed by atoms with E-state index in [2.05, 4.69) is 41.1 Å². The largest absolute Gasteiger partial charge is 0.369 e. The van der Waals surface area contributed by atoms with Gasteiger partial charge in [0.15, 0.2) is 0 Å². The van der Waals surface area contributed by atoms with Gasteiger partial charge in [0.2, 0.25) is 0 Å². The first-order chi connectivity index (χ1) is 9.61. The molecule has 0 aliphatic carbocycles. The fraction of sp³-hybridized carbons (Fsp3) is 0.625. The molecule has 1 saturated heterocycles. The molecule has 1 aromatic carbocycles. The maximum Gasteiger partial charge on any atom is 0.0407 e. The third-order valence-corrected chi connectivity index (χ3v) is 4.68. The van der Waals surface area contributed by atoms with E-state index in [0.29, 0.717) is 12.0 Å². The van der Waals surface area contributed by atoms with Gasteiger partial charge in [0.1, 0.15) is 0 Å². The Kier molecular flexibility index (Phi) is 5.70. The van der Waals surface area contributed by atoms with Crippen molar-refractivity contribution in [1.29, 1.82) is 0 Å². The molecule has 2 atom stereocenters. The number of piperazine rings is 1. The van der Waals surface area contributed by atoms with Crippen molar-refractivity contribution in [2.75, 3.05) is 44.7 Å². The van der Waals surface area contributed by atoms with Gasteiger partial charge in [0.25, 0.3) is 0 Å². The summed E-state index contributed by atoms with van der Waals surface area (Å²) in [5.41, 5.74) is 1.28. The van der Waals surface area contributed by atoms with Gasteiger partial charge in [0.05, 0.1) is 0 Å². The summed E-state index contributed by atoms with van der Waals surface area (Å²) in [4.78, 5) is 5.05. The molecule has 1 aliphatic heterocycles. The highest BCUT2D eigenvalue weighted by atomic mass is 35.5. The minimum Gasteiger partial charge on any atom is -0.369 e. The molecule has 0 aromatic heterocycles. The second-order valence-corrected chi connectivity index (χ2v) is 6.21. The maximum absolute atomic E-state index is 5.95. The van der Waals surface area contributed by atoms with Crippen molar-refractivity contribution in [2.24, 2.45) is 5.92 Å². The van der Waals surface area contributed by atoms with Gasteiger partial charge in [0, 0.05) is 42.9 Å². The molecule has 0 amide bonds. The van der Waals surface area contributed by atoms with Gasteiger partial charge in [-0.15, -0.1) is 0 Å². The highest BCUT2D eigenvalue weighted by Crippen LogP contribution is 2.21. The van der Waals surface area contributed by atoms with Crippen molar-refractivity contribution in [3.8, 4) is 0 Å². The lowest BCUT2D eigenvalue weighted by molar-refractivity contribution is 0.152. The van der Waals surface area contributed by atoms with E-state index >= 15 is 0 Å². The number of nitrogens with zero attached hydrogens (tertiary/aromatic N) is 2. The Morgan fingerprint density at radius 2 is 1.70 bits per heavy atom. The zero-order valence-corrected chi connectivity index (χ0v) is 13.5. The molecule has 2 rings (SSSR count). The van der Waals surface area contributed by atoms with Crippen molar-refractivity contribution in [3.63, 3.8) is 0 Å². The molecule has 3 nitrogen and oxygen atoms in total. The van der Waals surface area contributed by atoms with Crippen LogP contribution in [0.4, 0.5) is 5.69 Å². The Morgan fingerprint density at radius 3 is 2.25 bits per heavy atom. The van der Waals surface area contributed by atoms with E-state index in [9.17, 15) is 0 Å². The fourth-order valence-corrected chi connectivity index (χ4v) is 3.02. The van der Waals surface area contributed by atoms with Gasteiger partial charge in [-0.3, -0.25) is 4.90 Å². The number of anilines is 1. The minimum atomic E-state index is 0.634. The summed E-state index contributed by atoms with van der Waals surface area (Å²) >= 11 is 5.95. The van der Waals surface area contributed by atoms with Gasteiger partial charge in [-0.25, -0.2) is 0 Å². The minimum absolute atomic E-state index is 0.634. The quantitative estimate of drug-likeness (QED) is 0.901. The standard InChI is InChI=1S/C16H26ClN3/c1-13(12-18-3)14(2)19-8-10-20(11-9-19)16-6-4-15(17)5-7-16/h4-7,13-14,18H,8-12H2,1-3H3. The fourth-order valence-electron chi connectivity index (χ4n) is 2.89. The Morgan fingerprint density at radius 1 is 1.10 bits per heavy atom. The lowest BCUT2D eigenvalue weighted by atomic mass is 10.0. The Hall–Kier alpha value is -0.770. The first kappa shape index (κ1) is 15.6. The van der Waals surface area contributed by atoms with Gasteiger partial charge in [-0.1, -0.05) is 18.5 Å². The summed E-state index contributed by atoms with van der Waals surface area (Å²) in [6, 6.07) is 8.81. The first-order valence-electron chi connectivity index (χ1n) is 7.51. The summed E-state index contributed by atoms with van der Waals surface area (Å²) < 4.78 is 0. The average Bonchev–Trinajstić information content (AvgIpc) is 2.48. The molecule has 112 valence electrons. The molecule has 4 heteroatoms. The molecule has 1 fully saturated rings. The van der Waals surface area contributed by atoms with Crippen LogP contribution in [-0.2, 0) is 0 Å². The molecule has 1 N–H and O–H groups in total. The van der Waals surface area contributed by atoms with E-state index in [1.54, 1.807) is 0 Å². The SMILES string of the molecule is CNCC(C)C(C)N1CCN(c2ccc(Cl)cc2)CC1. The monoisotopic (exact) mass is 295 g/mol.